The van der Waals surface area contributed by atoms with Gasteiger partial charge >= 0.3 is 0 Å². The molecule has 0 saturated carbocycles. The van der Waals surface area contributed by atoms with E-state index in [0.29, 0.717) is 17.6 Å². The molecule has 0 saturated heterocycles. The van der Waals surface area contributed by atoms with Crippen LogP contribution in [0.25, 0.3) is 0 Å². The summed E-state index contributed by atoms with van der Waals surface area (Å²) in [5, 5.41) is 9.93. The number of phenolic OH excluding ortho intramolecular Hbond substituents is 1. The van der Waals surface area contributed by atoms with Gasteiger partial charge in [-0.2, -0.15) is 0 Å². The van der Waals surface area contributed by atoms with Crippen molar-refractivity contribution in [2.75, 3.05) is 41.4 Å². The van der Waals surface area contributed by atoms with Crippen molar-refractivity contribution in [1.29, 1.82) is 0 Å². The SMILES string of the molecule is CCN(Cc1ccc(CCN(C)C)cc1)C1C=C(OC)C(OC)=CC1[C@@H]1CCc2cc(O)ccc2C1. The van der Waals surface area contributed by atoms with Crippen LogP contribution in [0.5, 0.6) is 5.75 Å². The van der Waals surface area contributed by atoms with Crippen LogP contribution in [0.3, 0.4) is 0 Å². The zero-order chi connectivity index (χ0) is 25.7. The first-order chi connectivity index (χ1) is 17.4. The van der Waals surface area contributed by atoms with Crippen LogP contribution in [0.2, 0.25) is 0 Å². The highest BCUT2D eigenvalue weighted by Crippen LogP contribution is 2.39. The lowest BCUT2D eigenvalue weighted by molar-refractivity contribution is 0.132. The molecule has 2 aliphatic carbocycles. The number of hydrogen-bond donors (Lipinski definition) is 1. The van der Waals surface area contributed by atoms with Crippen LogP contribution in [-0.4, -0.2) is 62.4 Å². The maximum atomic E-state index is 9.93. The number of methoxy groups -OCH3 is 2. The predicted octanol–water partition coefficient (Wildman–Crippen LogP) is 5.18. The van der Waals surface area contributed by atoms with Crippen LogP contribution < -0.4 is 0 Å². The highest BCUT2D eigenvalue weighted by Gasteiger charge is 2.36. The van der Waals surface area contributed by atoms with Gasteiger partial charge in [0, 0.05) is 25.0 Å². The molecule has 0 radical (unpaired) electrons. The van der Waals surface area contributed by atoms with Gasteiger partial charge in [-0.15, -0.1) is 0 Å². The smallest absolute Gasteiger partial charge is 0.158 e. The normalized spacial score (nSPS) is 21.7. The van der Waals surface area contributed by atoms with Gasteiger partial charge in [-0.1, -0.05) is 37.3 Å². The molecule has 0 amide bonds. The Hall–Kier alpha value is -2.76. The molecular formula is C31H42N2O3. The molecule has 2 aromatic carbocycles. The molecule has 5 heteroatoms. The van der Waals surface area contributed by atoms with Crippen molar-refractivity contribution >= 4 is 0 Å². The van der Waals surface area contributed by atoms with Gasteiger partial charge in [0.25, 0.3) is 0 Å². The molecule has 0 bridgehead atoms. The average molecular weight is 491 g/mol. The number of likely N-dealkylation sites (N-methyl/N-ethyl adjacent to an activating group) is 2. The molecule has 0 heterocycles. The summed E-state index contributed by atoms with van der Waals surface area (Å²) in [7, 11) is 7.69. The fourth-order valence-corrected chi connectivity index (χ4v) is 5.73. The van der Waals surface area contributed by atoms with Crippen molar-refractivity contribution in [1.82, 2.24) is 9.80 Å². The Bertz CT molecular complexity index is 1070. The maximum absolute atomic E-state index is 9.93. The quantitative estimate of drug-likeness (QED) is 0.497. The van der Waals surface area contributed by atoms with Gasteiger partial charge in [0.05, 0.1) is 14.2 Å². The fraction of sp³-hybridized carbons (Fsp3) is 0.484. The molecule has 0 aliphatic heterocycles. The van der Waals surface area contributed by atoms with Gasteiger partial charge in [0.1, 0.15) is 5.75 Å². The summed E-state index contributed by atoms with van der Waals surface area (Å²) >= 11 is 0. The first-order valence-corrected chi connectivity index (χ1v) is 13.2. The van der Waals surface area contributed by atoms with Crippen LogP contribution in [-0.2, 0) is 35.3 Å². The zero-order valence-corrected chi connectivity index (χ0v) is 22.5. The molecule has 194 valence electrons. The Morgan fingerprint density at radius 1 is 0.917 bits per heavy atom. The number of nitrogens with zero attached hydrogens (tertiary/aromatic N) is 2. The van der Waals surface area contributed by atoms with E-state index in [4.69, 9.17) is 9.47 Å². The predicted molar refractivity (Wildman–Crippen MR) is 146 cm³/mol. The third-order valence-electron chi connectivity index (χ3n) is 7.83. The first kappa shape index (κ1) is 26.3. The number of aryl methyl sites for hydroxylation is 1. The zero-order valence-electron chi connectivity index (χ0n) is 22.5. The minimum Gasteiger partial charge on any atom is -0.508 e. The lowest BCUT2D eigenvalue weighted by atomic mass is 9.72. The van der Waals surface area contributed by atoms with Crippen molar-refractivity contribution in [2.45, 2.75) is 45.2 Å². The van der Waals surface area contributed by atoms with Gasteiger partial charge < -0.3 is 19.5 Å². The molecule has 0 fully saturated rings. The van der Waals surface area contributed by atoms with E-state index in [2.05, 4.69) is 73.3 Å². The summed E-state index contributed by atoms with van der Waals surface area (Å²) in [5.74, 6) is 2.82. The lowest BCUT2D eigenvalue weighted by Gasteiger charge is -2.41. The number of fused-ring (bicyclic) bond motifs is 1. The van der Waals surface area contributed by atoms with Gasteiger partial charge in [-0.05, 0) is 98.8 Å². The number of ether oxygens (including phenoxy) is 2. The summed E-state index contributed by atoms with van der Waals surface area (Å²) in [4.78, 5) is 4.79. The molecule has 5 nitrogen and oxygen atoms in total. The van der Waals surface area contributed by atoms with Gasteiger partial charge in [-0.3, -0.25) is 4.90 Å². The molecule has 2 unspecified atom stereocenters. The Morgan fingerprint density at radius 3 is 2.28 bits per heavy atom. The molecule has 4 rings (SSSR count). The molecule has 36 heavy (non-hydrogen) atoms. The van der Waals surface area contributed by atoms with E-state index >= 15 is 0 Å². The lowest BCUT2D eigenvalue weighted by Crippen LogP contribution is -2.44. The third kappa shape index (κ3) is 6.13. The minimum absolute atomic E-state index is 0.223. The first-order valence-electron chi connectivity index (χ1n) is 13.2. The number of hydrogen-bond acceptors (Lipinski definition) is 5. The standard InChI is InChI=1S/C31H42N2O3/c1-6-33(21-23-9-7-22(8-10-23)15-16-32(2)3)29-20-31(36-5)30(35-4)19-28(29)26-12-11-25-18-27(34)14-13-24(25)17-26/h7-10,13-14,18-20,26,28-29,34H,6,11-12,15-17,21H2,1-5H3/t26-,28?,29?/m1/s1. The molecule has 2 aromatic rings. The van der Waals surface area contributed by atoms with Crippen LogP contribution in [0.4, 0.5) is 0 Å². The summed E-state index contributed by atoms with van der Waals surface area (Å²) in [6.07, 6.45) is 8.74. The van der Waals surface area contributed by atoms with Crippen molar-refractivity contribution in [3.8, 4) is 5.75 Å². The number of rotatable bonds is 10. The molecule has 1 N–H and O–H groups in total. The second-order valence-electron chi connectivity index (χ2n) is 10.4. The number of benzene rings is 2. The molecule has 0 aromatic heterocycles. The van der Waals surface area contributed by atoms with Crippen molar-refractivity contribution < 1.29 is 14.6 Å². The van der Waals surface area contributed by atoms with E-state index in [-0.39, 0.29) is 6.04 Å². The van der Waals surface area contributed by atoms with E-state index < -0.39 is 0 Å². The molecule has 0 spiro atoms. The summed E-state index contributed by atoms with van der Waals surface area (Å²) in [5.41, 5.74) is 5.35. The van der Waals surface area contributed by atoms with E-state index in [9.17, 15) is 5.11 Å². The van der Waals surface area contributed by atoms with E-state index in [1.165, 1.54) is 22.3 Å². The summed E-state index contributed by atoms with van der Waals surface area (Å²) in [6, 6.07) is 15.2. The van der Waals surface area contributed by atoms with E-state index in [1.54, 1.807) is 14.2 Å². The van der Waals surface area contributed by atoms with E-state index in [1.807, 2.05) is 12.1 Å². The largest absolute Gasteiger partial charge is 0.508 e. The number of phenols is 1. The molecule has 2 aliphatic rings. The summed E-state index contributed by atoms with van der Waals surface area (Å²) in [6.45, 7) is 5.15. The fourth-order valence-electron chi connectivity index (χ4n) is 5.73. The second kappa shape index (κ2) is 12.0. The Balaban J connectivity index is 1.56. The maximum Gasteiger partial charge on any atom is 0.158 e. The topological polar surface area (TPSA) is 45.2 Å². The van der Waals surface area contributed by atoms with Crippen LogP contribution in [0.15, 0.2) is 66.1 Å². The van der Waals surface area contributed by atoms with Crippen molar-refractivity contribution in [2.24, 2.45) is 11.8 Å². The molecule has 3 atom stereocenters. The van der Waals surface area contributed by atoms with Crippen LogP contribution in [0.1, 0.15) is 35.6 Å². The van der Waals surface area contributed by atoms with Gasteiger partial charge in [0.15, 0.2) is 11.5 Å². The van der Waals surface area contributed by atoms with Crippen LogP contribution >= 0.6 is 0 Å². The second-order valence-corrected chi connectivity index (χ2v) is 10.4. The monoisotopic (exact) mass is 490 g/mol. The van der Waals surface area contributed by atoms with Crippen molar-refractivity contribution in [3.05, 3.63) is 88.4 Å². The van der Waals surface area contributed by atoms with Gasteiger partial charge in [-0.25, -0.2) is 0 Å². The van der Waals surface area contributed by atoms with Crippen molar-refractivity contribution in [3.63, 3.8) is 0 Å². The Kier molecular flexibility index (Phi) is 8.76. The van der Waals surface area contributed by atoms with E-state index in [0.717, 1.165) is 56.8 Å². The highest BCUT2D eigenvalue weighted by atomic mass is 16.5. The highest BCUT2D eigenvalue weighted by molar-refractivity contribution is 5.38. The Labute approximate surface area is 217 Å². The molecular weight excluding hydrogens is 448 g/mol. The Morgan fingerprint density at radius 2 is 1.61 bits per heavy atom. The summed E-state index contributed by atoms with van der Waals surface area (Å²) < 4.78 is 11.5. The third-order valence-corrected chi connectivity index (χ3v) is 7.83. The van der Waals surface area contributed by atoms with Crippen LogP contribution in [0, 0.1) is 11.8 Å². The minimum atomic E-state index is 0.223. The van der Waals surface area contributed by atoms with Gasteiger partial charge in [0.2, 0.25) is 0 Å². The number of aromatic hydroxyl groups is 1. The average Bonchev–Trinajstić information content (AvgIpc) is 2.90.